The van der Waals surface area contributed by atoms with Gasteiger partial charge in [0.1, 0.15) is 5.75 Å². The second-order valence-corrected chi connectivity index (χ2v) is 4.62. The molecule has 20 heavy (non-hydrogen) atoms. The van der Waals surface area contributed by atoms with Gasteiger partial charge >= 0.3 is 0 Å². The van der Waals surface area contributed by atoms with Crippen LogP contribution < -0.4 is 19.5 Å². The second kappa shape index (κ2) is 4.16. The van der Waals surface area contributed by atoms with Crippen molar-refractivity contribution in [1.82, 2.24) is 0 Å². The van der Waals surface area contributed by atoms with Crippen LogP contribution >= 0.6 is 0 Å². The number of anilines is 1. The van der Waals surface area contributed by atoms with Gasteiger partial charge in [0.15, 0.2) is 18.1 Å². The van der Waals surface area contributed by atoms with E-state index in [1.54, 1.807) is 0 Å². The number of amides is 1. The van der Waals surface area contributed by atoms with Gasteiger partial charge < -0.3 is 19.5 Å². The topological polar surface area (TPSA) is 56.8 Å². The maximum atomic E-state index is 11.4. The van der Waals surface area contributed by atoms with Gasteiger partial charge in [0.2, 0.25) is 6.79 Å². The molecule has 0 aromatic heterocycles. The van der Waals surface area contributed by atoms with Gasteiger partial charge in [-0.05, 0) is 35.4 Å². The summed E-state index contributed by atoms with van der Waals surface area (Å²) in [6, 6.07) is 11.5. The Labute approximate surface area is 115 Å². The molecule has 100 valence electrons. The minimum atomic E-state index is -0.139. The molecule has 0 atom stereocenters. The highest BCUT2D eigenvalue weighted by Crippen LogP contribution is 2.38. The monoisotopic (exact) mass is 269 g/mol. The van der Waals surface area contributed by atoms with Crippen molar-refractivity contribution in [3.05, 3.63) is 36.4 Å². The van der Waals surface area contributed by atoms with E-state index in [0.29, 0.717) is 11.4 Å². The zero-order valence-corrected chi connectivity index (χ0v) is 10.5. The predicted octanol–water partition coefficient (Wildman–Crippen LogP) is 2.41. The van der Waals surface area contributed by atoms with Gasteiger partial charge in [0, 0.05) is 0 Å². The van der Waals surface area contributed by atoms with Crippen molar-refractivity contribution < 1.29 is 19.0 Å². The van der Waals surface area contributed by atoms with Crippen LogP contribution in [0.4, 0.5) is 5.69 Å². The number of nitrogens with one attached hydrogen (secondary N) is 1. The molecule has 0 saturated carbocycles. The minimum absolute atomic E-state index is 0.0658. The number of hydrogen-bond donors (Lipinski definition) is 1. The summed E-state index contributed by atoms with van der Waals surface area (Å²) < 4.78 is 16.0. The number of carbonyl (C=O) groups excluding carboxylic acids is 1. The summed E-state index contributed by atoms with van der Waals surface area (Å²) in [7, 11) is 0. The van der Waals surface area contributed by atoms with E-state index in [9.17, 15) is 4.79 Å². The number of hydrogen-bond acceptors (Lipinski definition) is 4. The lowest BCUT2D eigenvalue weighted by Gasteiger charge is -2.18. The normalized spacial score (nSPS) is 15.3. The van der Waals surface area contributed by atoms with Crippen LogP contribution in [0, 0.1) is 0 Å². The predicted molar refractivity (Wildman–Crippen MR) is 72.1 cm³/mol. The molecule has 5 nitrogen and oxygen atoms in total. The van der Waals surface area contributed by atoms with Crippen molar-refractivity contribution in [2.45, 2.75) is 0 Å². The Morgan fingerprint density at radius 2 is 1.60 bits per heavy atom. The number of fused-ring (bicyclic) bond motifs is 2. The average molecular weight is 269 g/mol. The average Bonchev–Trinajstić information content (AvgIpc) is 2.93. The molecule has 5 heteroatoms. The molecule has 2 aromatic carbocycles. The summed E-state index contributed by atoms with van der Waals surface area (Å²) in [6.07, 6.45) is 0. The summed E-state index contributed by atoms with van der Waals surface area (Å²) in [5, 5.41) is 2.80. The van der Waals surface area contributed by atoms with E-state index in [1.807, 2.05) is 36.4 Å². The molecule has 2 heterocycles. The third kappa shape index (κ3) is 1.75. The highest BCUT2D eigenvalue weighted by Gasteiger charge is 2.18. The molecule has 0 bridgehead atoms. The van der Waals surface area contributed by atoms with E-state index >= 15 is 0 Å². The van der Waals surface area contributed by atoms with Crippen molar-refractivity contribution >= 4 is 11.6 Å². The Kier molecular flexibility index (Phi) is 2.32. The zero-order valence-electron chi connectivity index (χ0n) is 10.5. The zero-order chi connectivity index (χ0) is 13.5. The smallest absolute Gasteiger partial charge is 0.262 e. The van der Waals surface area contributed by atoms with Gasteiger partial charge in [0.25, 0.3) is 5.91 Å². The fraction of sp³-hybridized carbons (Fsp3) is 0.133. The molecule has 2 aliphatic rings. The summed E-state index contributed by atoms with van der Waals surface area (Å²) in [5.74, 6) is 2.04. The lowest BCUT2D eigenvalue weighted by molar-refractivity contribution is -0.118. The summed E-state index contributed by atoms with van der Waals surface area (Å²) in [6.45, 7) is 0.323. The summed E-state index contributed by atoms with van der Waals surface area (Å²) in [4.78, 5) is 11.4. The van der Waals surface area contributed by atoms with Crippen molar-refractivity contribution in [3.8, 4) is 28.4 Å². The molecule has 0 unspecified atom stereocenters. The van der Waals surface area contributed by atoms with E-state index in [0.717, 1.165) is 22.6 Å². The Bertz CT molecular complexity index is 711. The molecule has 2 aliphatic heterocycles. The highest BCUT2D eigenvalue weighted by atomic mass is 16.7. The van der Waals surface area contributed by atoms with Crippen LogP contribution in [0.15, 0.2) is 36.4 Å². The number of ether oxygens (including phenoxy) is 3. The van der Waals surface area contributed by atoms with Crippen LogP contribution in [0.2, 0.25) is 0 Å². The third-order valence-corrected chi connectivity index (χ3v) is 3.32. The van der Waals surface area contributed by atoms with E-state index in [2.05, 4.69) is 5.32 Å². The molecule has 0 spiro atoms. The molecule has 0 aliphatic carbocycles. The maximum absolute atomic E-state index is 11.4. The summed E-state index contributed by atoms with van der Waals surface area (Å²) >= 11 is 0. The molecule has 2 aromatic rings. The Morgan fingerprint density at radius 1 is 0.850 bits per heavy atom. The van der Waals surface area contributed by atoms with Crippen molar-refractivity contribution in [1.29, 1.82) is 0 Å². The van der Waals surface area contributed by atoms with E-state index in [1.165, 1.54) is 0 Å². The third-order valence-electron chi connectivity index (χ3n) is 3.32. The highest BCUT2D eigenvalue weighted by molar-refractivity contribution is 5.96. The van der Waals surface area contributed by atoms with Crippen molar-refractivity contribution in [2.75, 3.05) is 18.7 Å². The molecule has 0 saturated heterocycles. The first-order valence-corrected chi connectivity index (χ1v) is 6.26. The van der Waals surface area contributed by atoms with Gasteiger partial charge in [-0.1, -0.05) is 12.1 Å². The minimum Gasteiger partial charge on any atom is -0.482 e. The molecule has 0 fully saturated rings. The molecule has 0 radical (unpaired) electrons. The first kappa shape index (κ1) is 11.2. The van der Waals surface area contributed by atoms with E-state index in [4.69, 9.17) is 14.2 Å². The molecular weight excluding hydrogens is 258 g/mol. The fourth-order valence-corrected chi connectivity index (χ4v) is 2.34. The van der Waals surface area contributed by atoms with Gasteiger partial charge in [-0.3, -0.25) is 4.79 Å². The Balaban J connectivity index is 1.75. The van der Waals surface area contributed by atoms with E-state index in [-0.39, 0.29) is 19.3 Å². The second-order valence-electron chi connectivity index (χ2n) is 4.62. The van der Waals surface area contributed by atoms with Gasteiger partial charge in [0.05, 0.1) is 5.69 Å². The maximum Gasteiger partial charge on any atom is 0.262 e. The Hall–Kier alpha value is -2.69. The molecular formula is C15H11NO4. The van der Waals surface area contributed by atoms with Crippen molar-refractivity contribution in [3.63, 3.8) is 0 Å². The molecule has 1 amide bonds. The standard InChI is InChI=1S/C15H11NO4/c17-15-7-18-12-3-1-9(5-11(12)16-15)10-2-4-13-14(6-10)20-8-19-13/h1-6H,7-8H2,(H,16,17). The van der Waals surface area contributed by atoms with Crippen LogP contribution in [0.3, 0.4) is 0 Å². The van der Waals surface area contributed by atoms with Crippen LogP contribution in [-0.4, -0.2) is 19.3 Å². The van der Waals surface area contributed by atoms with E-state index < -0.39 is 0 Å². The van der Waals surface area contributed by atoms with Gasteiger partial charge in [-0.15, -0.1) is 0 Å². The van der Waals surface area contributed by atoms with Crippen LogP contribution in [0.1, 0.15) is 0 Å². The molecule has 1 N–H and O–H groups in total. The Morgan fingerprint density at radius 3 is 2.50 bits per heavy atom. The lowest BCUT2D eigenvalue weighted by Crippen LogP contribution is -2.25. The number of rotatable bonds is 1. The number of carbonyl (C=O) groups is 1. The molecule has 4 rings (SSSR count). The number of benzene rings is 2. The van der Waals surface area contributed by atoms with Crippen LogP contribution in [-0.2, 0) is 4.79 Å². The van der Waals surface area contributed by atoms with Crippen LogP contribution in [0.5, 0.6) is 17.2 Å². The first-order valence-electron chi connectivity index (χ1n) is 6.26. The quantitative estimate of drug-likeness (QED) is 0.863. The SMILES string of the molecule is O=C1COc2ccc(-c3ccc4c(c3)OCO4)cc2N1. The first-order chi connectivity index (χ1) is 9.79. The van der Waals surface area contributed by atoms with Crippen LogP contribution in [0.25, 0.3) is 11.1 Å². The van der Waals surface area contributed by atoms with Crippen molar-refractivity contribution in [2.24, 2.45) is 0 Å². The summed E-state index contributed by atoms with van der Waals surface area (Å²) in [5.41, 5.74) is 2.67. The van der Waals surface area contributed by atoms with Gasteiger partial charge in [-0.25, -0.2) is 0 Å². The largest absolute Gasteiger partial charge is 0.482 e. The fourth-order valence-electron chi connectivity index (χ4n) is 2.34. The van der Waals surface area contributed by atoms with Gasteiger partial charge in [-0.2, -0.15) is 0 Å². The lowest BCUT2D eigenvalue weighted by atomic mass is 10.0.